The second kappa shape index (κ2) is 5.43. The number of carbonyl (C=O) groups excluding carboxylic acids is 1. The number of hydrogen-bond donors (Lipinski definition) is 3. The molecule has 0 saturated heterocycles. The second-order valence-electron chi connectivity index (χ2n) is 4.69. The molecule has 3 rings (SSSR count). The molecule has 0 fully saturated rings. The summed E-state index contributed by atoms with van der Waals surface area (Å²) < 4.78 is 0. The number of aliphatic hydroxyl groups excluding tert-OH is 1. The summed E-state index contributed by atoms with van der Waals surface area (Å²) in [6, 6.07) is 13.6. The number of para-hydroxylation sites is 2. The number of amides is 2. The molecule has 108 valence electrons. The van der Waals surface area contributed by atoms with Gasteiger partial charge >= 0.3 is 6.03 Å². The van der Waals surface area contributed by atoms with E-state index in [1.165, 1.54) is 0 Å². The van der Waals surface area contributed by atoms with E-state index in [-0.39, 0.29) is 6.61 Å². The van der Waals surface area contributed by atoms with Gasteiger partial charge in [-0.2, -0.15) is 10.2 Å². The van der Waals surface area contributed by atoms with Gasteiger partial charge < -0.3 is 10.4 Å². The van der Waals surface area contributed by atoms with Crippen molar-refractivity contribution in [3.63, 3.8) is 0 Å². The Labute approximate surface area is 121 Å². The van der Waals surface area contributed by atoms with Gasteiger partial charge in [-0.3, -0.25) is 5.21 Å². The molecule has 3 N–H and O–H groups in total. The number of carbonyl (C=O) groups is 1. The second-order valence-corrected chi connectivity index (χ2v) is 4.69. The quantitative estimate of drug-likeness (QED) is 0.809. The van der Waals surface area contributed by atoms with Crippen molar-refractivity contribution in [3.8, 4) is 0 Å². The molecule has 21 heavy (non-hydrogen) atoms. The summed E-state index contributed by atoms with van der Waals surface area (Å²) in [5, 5.41) is 23.9. The fourth-order valence-corrected chi connectivity index (χ4v) is 2.28. The molecule has 0 saturated carbocycles. The van der Waals surface area contributed by atoms with E-state index in [4.69, 9.17) is 5.11 Å². The molecule has 1 aliphatic rings. The van der Waals surface area contributed by atoms with Gasteiger partial charge in [0.15, 0.2) is 0 Å². The number of hydrogen-bond acceptors (Lipinski definition) is 4. The van der Waals surface area contributed by atoms with Gasteiger partial charge in [0.2, 0.25) is 0 Å². The first-order chi connectivity index (χ1) is 10.2. The molecular formula is C15H15N3O3. The van der Waals surface area contributed by atoms with Gasteiger partial charge in [0.05, 0.1) is 11.4 Å². The third-order valence-electron chi connectivity index (χ3n) is 3.32. The molecule has 6 heteroatoms. The van der Waals surface area contributed by atoms with Crippen LogP contribution in [0.25, 0.3) is 0 Å². The van der Waals surface area contributed by atoms with Crippen LogP contribution in [-0.4, -0.2) is 23.0 Å². The number of urea groups is 1. The third-order valence-corrected chi connectivity index (χ3v) is 3.32. The Morgan fingerprint density at radius 3 is 2.48 bits per heavy atom. The van der Waals surface area contributed by atoms with Crippen molar-refractivity contribution < 1.29 is 15.1 Å². The molecule has 1 heterocycles. The highest BCUT2D eigenvalue weighted by Crippen LogP contribution is 2.32. The van der Waals surface area contributed by atoms with Crippen LogP contribution < -0.4 is 15.5 Å². The van der Waals surface area contributed by atoms with Crippen molar-refractivity contribution in [2.75, 3.05) is 22.1 Å². The Morgan fingerprint density at radius 1 is 1.05 bits per heavy atom. The normalized spacial score (nSPS) is 13.9. The highest BCUT2D eigenvalue weighted by atomic mass is 16.6. The minimum atomic E-state index is -0.439. The molecule has 2 aromatic rings. The Morgan fingerprint density at radius 2 is 1.76 bits per heavy atom. The molecule has 0 aromatic heterocycles. The SMILES string of the molecule is O=C1Nc2ccccc2N(O)N1c1ccc(CCO)cc1. The molecule has 2 aromatic carbocycles. The smallest absolute Gasteiger partial charge is 0.347 e. The number of benzene rings is 2. The van der Waals surface area contributed by atoms with Gasteiger partial charge in [-0.15, -0.1) is 0 Å². The molecule has 0 bridgehead atoms. The summed E-state index contributed by atoms with van der Waals surface area (Å²) in [5.74, 6) is 0. The fraction of sp³-hybridized carbons (Fsp3) is 0.133. The first kappa shape index (κ1) is 13.4. The third kappa shape index (κ3) is 2.42. The van der Waals surface area contributed by atoms with E-state index in [1.54, 1.807) is 36.4 Å². The number of aliphatic hydroxyl groups is 1. The molecular weight excluding hydrogens is 270 g/mol. The lowest BCUT2D eigenvalue weighted by Gasteiger charge is -2.36. The predicted octanol–water partition coefficient (Wildman–Crippen LogP) is 2.38. The Hall–Kier alpha value is -2.57. The van der Waals surface area contributed by atoms with Crippen molar-refractivity contribution in [2.24, 2.45) is 0 Å². The van der Waals surface area contributed by atoms with Gasteiger partial charge in [0, 0.05) is 6.61 Å². The number of anilines is 3. The zero-order valence-corrected chi connectivity index (χ0v) is 11.2. The van der Waals surface area contributed by atoms with Crippen LogP contribution in [-0.2, 0) is 6.42 Å². The van der Waals surface area contributed by atoms with E-state index < -0.39 is 6.03 Å². The first-order valence-corrected chi connectivity index (χ1v) is 6.59. The van der Waals surface area contributed by atoms with Crippen molar-refractivity contribution in [1.82, 2.24) is 0 Å². The minimum Gasteiger partial charge on any atom is -0.396 e. The first-order valence-electron chi connectivity index (χ1n) is 6.59. The number of hydrazine groups is 1. The van der Waals surface area contributed by atoms with E-state index in [9.17, 15) is 10.0 Å². The highest BCUT2D eigenvalue weighted by molar-refractivity contribution is 6.08. The molecule has 0 spiro atoms. The van der Waals surface area contributed by atoms with Crippen molar-refractivity contribution in [1.29, 1.82) is 0 Å². The maximum atomic E-state index is 12.2. The van der Waals surface area contributed by atoms with Gasteiger partial charge in [0.1, 0.15) is 5.69 Å². The maximum absolute atomic E-state index is 12.2. The van der Waals surface area contributed by atoms with Crippen LogP contribution in [0.5, 0.6) is 0 Å². The van der Waals surface area contributed by atoms with E-state index in [2.05, 4.69) is 5.32 Å². The lowest BCUT2D eigenvalue weighted by Crippen LogP contribution is -2.50. The summed E-state index contributed by atoms with van der Waals surface area (Å²) in [7, 11) is 0. The zero-order chi connectivity index (χ0) is 14.8. The van der Waals surface area contributed by atoms with E-state index >= 15 is 0 Å². The lowest BCUT2D eigenvalue weighted by molar-refractivity contribution is 0.221. The van der Waals surface area contributed by atoms with Gasteiger partial charge in [-0.1, -0.05) is 24.3 Å². The molecule has 1 aliphatic heterocycles. The largest absolute Gasteiger partial charge is 0.396 e. The minimum absolute atomic E-state index is 0.0725. The maximum Gasteiger partial charge on any atom is 0.347 e. The molecule has 6 nitrogen and oxygen atoms in total. The summed E-state index contributed by atoms with van der Waals surface area (Å²) in [5.41, 5.74) is 2.55. The Balaban J connectivity index is 1.93. The molecule has 0 radical (unpaired) electrons. The zero-order valence-electron chi connectivity index (χ0n) is 11.2. The lowest BCUT2D eigenvalue weighted by atomic mass is 10.1. The van der Waals surface area contributed by atoms with E-state index in [0.29, 0.717) is 23.5 Å². The Bertz CT molecular complexity index is 657. The van der Waals surface area contributed by atoms with E-state index in [0.717, 1.165) is 15.7 Å². The standard InChI is InChI=1S/C15H15N3O3/c19-10-9-11-5-7-12(8-6-11)17-15(20)16-13-3-1-2-4-14(13)18(17)21/h1-8,19,21H,9-10H2,(H,16,20). The average Bonchev–Trinajstić information content (AvgIpc) is 2.49. The summed E-state index contributed by atoms with van der Waals surface area (Å²) in [6.07, 6.45) is 0.554. The topological polar surface area (TPSA) is 76.0 Å². The summed E-state index contributed by atoms with van der Waals surface area (Å²) >= 11 is 0. The van der Waals surface area contributed by atoms with Crippen LogP contribution in [0.2, 0.25) is 0 Å². The van der Waals surface area contributed by atoms with Crippen molar-refractivity contribution in [3.05, 3.63) is 54.1 Å². The van der Waals surface area contributed by atoms with Crippen LogP contribution in [0.1, 0.15) is 5.56 Å². The summed E-state index contributed by atoms with van der Waals surface area (Å²) in [4.78, 5) is 12.2. The van der Waals surface area contributed by atoms with E-state index in [1.807, 2.05) is 12.1 Å². The monoisotopic (exact) mass is 285 g/mol. The van der Waals surface area contributed by atoms with Crippen LogP contribution in [0.3, 0.4) is 0 Å². The van der Waals surface area contributed by atoms with Crippen molar-refractivity contribution >= 4 is 23.1 Å². The number of nitrogens with one attached hydrogen (secondary N) is 1. The molecule has 0 unspecified atom stereocenters. The number of fused-ring (bicyclic) bond motifs is 1. The fourth-order valence-electron chi connectivity index (χ4n) is 2.28. The predicted molar refractivity (Wildman–Crippen MR) is 79.4 cm³/mol. The van der Waals surface area contributed by atoms with Crippen LogP contribution >= 0.6 is 0 Å². The van der Waals surface area contributed by atoms with Gasteiger partial charge in [-0.05, 0) is 36.2 Å². The molecule has 0 aliphatic carbocycles. The van der Waals surface area contributed by atoms with Gasteiger partial charge in [0.25, 0.3) is 0 Å². The average molecular weight is 285 g/mol. The van der Waals surface area contributed by atoms with Crippen LogP contribution in [0.4, 0.5) is 21.9 Å². The number of rotatable bonds is 3. The van der Waals surface area contributed by atoms with Crippen LogP contribution in [0.15, 0.2) is 48.5 Å². The van der Waals surface area contributed by atoms with Gasteiger partial charge in [-0.25, -0.2) is 4.79 Å². The molecule has 0 atom stereocenters. The van der Waals surface area contributed by atoms with Crippen molar-refractivity contribution in [2.45, 2.75) is 6.42 Å². The van der Waals surface area contributed by atoms with Crippen LogP contribution in [0, 0.1) is 0 Å². The Kier molecular flexibility index (Phi) is 3.47. The highest BCUT2D eigenvalue weighted by Gasteiger charge is 2.30. The summed E-state index contributed by atoms with van der Waals surface area (Å²) in [6.45, 7) is 0.0725. The number of nitrogens with zero attached hydrogens (tertiary/aromatic N) is 2. The molecule has 2 amide bonds.